The van der Waals surface area contributed by atoms with Crippen LogP contribution in [0.1, 0.15) is 200 Å². The van der Waals surface area contributed by atoms with Gasteiger partial charge in [0.05, 0.1) is 0 Å². The van der Waals surface area contributed by atoms with Crippen molar-refractivity contribution in [3.8, 4) is 0 Å². The van der Waals surface area contributed by atoms with E-state index in [9.17, 15) is 4.79 Å². The van der Waals surface area contributed by atoms with E-state index in [-0.39, 0.29) is 0 Å². The number of carboxylic acid groups (broad SMARTS) is 1. The molecular weight excluding hydrogens is 560 g/mol. The molecule has 0 rings (SSSR count). The Bertz CT molecular complexity index is 782. The summed E-state index contributed by atoms with van der Waals surface area (Å²) in [6.07, 6.45) is 65.0. The predicted octanol–water partition coefficient (Wildman–Crippen LogP) is 15.1. The SMILES string of the molecule is CC/C=C\C/C=C\C/C=C\C/C=C\C/C=C\C/C=C\CCCCCCCCCCCCCCCCCCCCCCCCC(=O)O. The fourth-order valence-electron chi connectivity index (χ4n) is 5.71. The van der Waals surface area contributed by atoms with Gasteiger partial charge in [0, 0.05) is 6.42 Å². The van der Waals surface area contributed by atoms with Crippen molar-refractivity contribution >= 4 is 5.97 Å². The summed E-state index contributed by atoms with van der Waals surface area (Å²) in [6.45, 7) is 2.17. The summed E-state index contributed by atoms with van der Waals surface area (Å²) < 4.78 is 0. The molecule has 0 unspecified atom stereocenters. The van der Waals surface area contributed by atoms with E-state index in [0.29, 0.717) is 6.42 Å². The maximum absolute atomic E-state index is 10.5. The minimum Gasteiger partial charge on any atom is -0.481 e. The first-order valence-corrected chi connectivity index (χ1v) is 19.9. The van der Waals surface area contributed by atoms with E-state index in [2.05, 4.69) is 79.8 Å². The van der Waals surface area contributed by atoms with Gasteiger partial charge in [0.1, 0.15) is 0 Å². The number of rotatable bonds is 36. The normalized spacial score (nSPS) is 12.5. The molecule has 0 aliphatic heterocycles. The molecule has 0 atom stereocenters. The summed E-state index contributed by atoms with van der Waals surface area (Å²) in [5.41, 5.74) is 0. The van der Waals surface area contributed by atoms with Crippen LogP contribution in [-0.2, 0) is 4.79 Å². The third-order valence-electron chi connectivity index (χ3n) is 8.61. The lowest BCUT2D eigenvalue weighted by Gasteiger charge is -2.04. The fraction of sp³-hybridized carbons (Fsp3) is 0.705. The maximum atomic E-state index is 10.5. The summed E-state index contributed by atoms with van der Waals surface area (Å²) >= 11 is 0. The topological polar surface area (TPSA) is 37.3 Å². The molecule has 0 radical (unpaired) electrons. The molecular formula is C44H76O2. The minimum atomic E-state index is -0.652. The van der Waals surface area contributed by atoms with E-state index in [1.807, 2.05) is 0 Å². The van der Waals surface area contributed by atoms with Crippen LogP contribution in [0.5, 0.6) is 0 Å². The van der Waals surface area contributed by atoms with Crippen molar-refractivity contribution in [2.24, 2.45) is 0 Å². The lowest BCUT2D eigenvalue weighted by Crippen LogP contribution is -1.93. The molecule has 264 valence electrons. The second-order valence-electron chi connectivity index (χ2n) is 13.1. The van der Waals surface area contributed by atoms with Crippen LogP contribution < -0.4 is 0 Å². The highest BCUT2D eigenvalue weighted by molar-refractivity contribution is 5.66. The Hall–Kier alpha value is -2.09. The highest BCUT2D eigenvalue weighted by Gasteiger charge is 1.98. The summed E-state index contributed by atoms with van der Waals surface area (Å²) in [5, 5.41) is 8.65. The molecule has 0 spiro atoms. The van der Waals surface area contributed by atoms with Crippen LogP contribution in [0.2, 0.25) is 0 Å². The molecule has 0 bridgehead atoms. The lowest BCUT2D eigenvalue weighted by molar-refractivity contribution is -0.137. The van der Waals surface area contributed by atoms with Crippen molar-refractivity contribution in [2.45, 2.75) is 200 Å². The number of carbonyl (C=O) groups is 1. The van der Waals surface area contributed by atoms with Gasteiger partial charge in [-0.3, -0.25) is 4.79 Å². The molecule has 0 aromatic rings. The lowest BCUT2D eigenvalue weighted by atomic mass is 10.0. The van der Waals surface area contributed by atoms with Crippen LogP contribution in [0.15, 0.2) is 72.9 Å². The van der Waals surface area contributed by atoms with E-state index in [4.69, 9.17) is 5.11 Å². The molecule has 0 heterocycles. The molecule has 0 aromatic heterocycles. The van der Waals surface area contributed by atoms with E-state index >= 15 is 0 Å². The Morgan fingerprint density at radius 1 is 0.348 bits per heavy atom. The van der Waals surface area contributed by atoms with Crippen molar-refractivity contribution in [3.05, 3.63) is 72.9 Å². The fourth-order valence-corrected chi connectivity index (χ4v) is 5.71. The van der Waals surface area contributed by atoms with Gasteiger partial charge >= 0.3 is 5.97 Å². The third-order valence-corrected chi connectivity index (χ3v) is 8.61. The molecule has 2 nitrogen and oxygen atoms in total. The first-order chi connectivity index (χ1) is 22.8. The van der Waals surface area contributed by atoms with Crippen molar-refractivity contribution < 1.29 is 9.90 Å². The van der Waals surface area contributed by atoms with Gasteiger partial charge in [0.15, 0.2) is 0 Å². The van der Waals surface area contributed by atoms with Crippen molar-refractivity contribution in [2.75, 3.05) is 0 Å². The zero-order valence-corrected chi connectivity index (χ0v) is 30.5. The highest BCUT2D eigenvalue weighted by atomic mass is 16.4. The van der Waals surface area contributed by atoms with Gasteiger partial charge < -0.3 is 5.11 Å². The average molecular weight is 637 g/mol. The van der Waals surface area contributed by atoms with E-state index in [1.165, 1.54) is 135 Å². The Morgan fingerprint density at radius 2 is 0.587 bits per heavy atom. The van der Waals surface area contributed by atoms with Crippen molar-refractivity contribution in [3.63, 3.8) is 0 Å². The monoisotopic (exact) mass is 637 g/mol. The number of allylic oxidation sites excluding steroid dienone is 12. The Morgan fingerprint density at radius 3 is 0.870 bits per heavy atom. The van der Waals surface area contributed by atoms with Crippen LogP contribution in [0.4, 0.5) is 0 Å². The second-order valence-corrected chi connectivity index (χ2v) is 13.1. The summed E-state index contributed by atoms with van der Waals surface area (Å²) in [4.78, 5) is 10.5. The first kappa shape index (κ1) is 43.9. The molecule has 0 amide bonds. The van der Waals surface area contributed by atoms with Gasteiger partial charge in [-0.2, -0.15) is 0 Å². The molecule has 0 aromatic carbocycles. The van der Waals surface area contributed by atoms with Crippen molar-refractivity contribution in [1.29, 1.82) is 0 Å². The molecule has 0 aliphatic rings. The van der Waals surface area contributed by atoms with Crippen LogP contribution in [0.25, 0.3) is 0 Å². The molecule has 0 saturated heterocycles. The number of aliphatic carboxylic acids is 1. The van der Waals surface area contributed by atoms with Crippen LogP contribution >= 0.6 is 0 Å². The number of hydrogen-bond acceptors (Lipinski definition) is 1. The summed E-state index contributed by atoms with van der Waals surface area (Å²) in [6, 6.07) is 0. The van der Waals surface area contributed by atoms with E-state index in [1.54, 1.807) is 0 Å². The Labute approximate surface area is 287 Å². The van der Waals surface area contributed by atoms with Crippen molar-refractivity contribution in [1.82, 2.24) is 0 Å². The largest absolute Gasteiger partial charge is 0.481 e. The number of carboxylic acids is 1. The quantitative estimate of drug-likeness (QED) is 0.0549. The first-order valence-electron chi connectivity index (χ1n) is 19.9. The van der Waals surface area contributed by atoms with Crippen LogP contribution in [-0.4, -0.2) is 11.1 Å². The zero-order valence-electron chi connectivity index (χ0n) is 30.5. The smallest absolute Gasteiger partial charge is 0.303 e. The maximum Gasteiger partial charge on any atom is 0.303 e. The molecule has 2 heteroatoms. The van der Waals surface area contributed by atoms with Gasteiger partial charge in [-0.15, -0.1) is 0 Å². The average Bonchev–Trinajstić information content (AvgIpc) is 3.05. The van der Waals surface area contributed by atoms with Gasteiger partial charge in [-0.25, -0.2) is 0 Å². The third kappa shape index (κ3) is 41.9. The molecule has 0 saturated carbocycles. The summed E-state index contributed by atoms with van der Waals surface area (Å²) in [7, 11) is 0. The standard InChI is InChI=1S/C44H76O2/c1-2-3-4-5-6-7-8-9-10-11-12-13-14-15-16-17-18-19-20-21-22-23-24-25-26-27-28-29-30-31-32-33-34-35-36-37-38-39-40-41-42-43-44(45)46/h3-4,6-7,9-10,12-13,15-16,18-19H,2,5,8,11,14,17,20-43H2,1H3,(H,45,46)/b4-3-,7-6-,10-9-,13-12-,16-15-,19-18-. The second kappa shape index (κ2) is 40.9. The van der Waals surface area contributed by atoms with Gasteiger partial charge in [0.2, 0.25) is 0 Å². The predicted molar refractivity (Wildman–Crippen MR) is 207 cm³/mol. The molecule has 1 N–H and O–H groups in total. The van der Waals surface area contributed by atoms with E-state index < -0.39 is 5.97 Å². The van der Waals surface area contributed by atoms with Gasteiger partial charge in [0.25, 0.3) is 0 Å². The van der Waals surface area contributed by atoms with Crippen LogP contribution in [0.3, 0.4) is 0 Å². The Kier molecular flexibility index (Phi) is 39.1. The summed E-state index contributed by atoms with van der Waals surface area (Å²) in [5.74, 6) is -0.652. The van der Waals surface area contributed by atoms with E-state index in [0.717, 1.165) is 51.4 Å². The number of unbranched alkanes of at least 4 members (excludes halogenated alkanes) is 22. The molecule has 46 heavy (non-hydrogen) atoms. The molecule has 0 aliphatic carbocycles. The van der Waals surface area contributed by atoms with Gasteiger partial charge in [-0.1, -0.05) is 208 Å². The number of hydrogen-bond donors (Lipinski definition) is 1. The highest BCUT2D eigenvalue weighted by Crippen LogP contribution is 2.15. The zero-order chi connectivity index (χ0) is 33.3. The van der Waals surface area contributed by atoms with Gasteiger partial charge in [-0.05, 0) is 57.8 Å². The molecule has 0 fully saturated rings. The van der Waals surface area contributed by atoms with Crippen LogP contribution in [0, 0.1) is 0 Å². The minimum absolute atomic E-state index is 0.341. The Balaban J connectivity index is 3.24.